The molecule has 0 aromatic heterocycles. The maximum Gasteiger partial charge on any atom is 0.165 e. The fourth-order valence-electron chi connectivity index (χ4n) is 2.00. The van der Waals surface area contributed by atoms with E-state index in [0.29, 0.717) is 5.56 Å². The van der Waals surface area contributed by atoms with Crippen molar-refractivity contribution in [3.8, 4) is 0 Å². The minimum atomic E-state index is -0.300. The van der Waals surface area contributed by atoms with Crippen molar-refractivity contribution in [3.63, 3.8) is 0 Å². The summed E-state index contributed by atoms with van der Waals surface area (Å²) in [5.74, 6) is -0.249. The molecule has 1 aromatic carbocycles. The second-order valence-electron chi connectivity index (χ2n) is 4.29. The van der Waals surface area contributed by atoms with E-state index in [-0.39, 0.29) is 30.2 Å². The van der Waals surface area contributed by atoms with Gasteiger partial charge in [-0.25, -0.2) is 4.39 Å². The Labute approximate surface area is 94.4 Å². The van der Waals surface area contributed by atoms with E-state index in [1.807, 2.05) is 6.92 Å². The molecule has 1 fully saturated rings. The van der Waals surface area contributed by atoms with Crippen molar-refractivity contribution < 1.29 is 13.9 Å². The van der Waals surface area contributed by atoms with Crippen LogP contribution in [0, 0.1) is 5.82 Å². The molecule has 16 heavy (non-hydrogen) atoms. The number of rotatable bonds is 3. The molecule has 2 unspecified atom stereocenters. The third-order valence-corrected chi connectivity index (χ3v) is 2.86. The highest BCUT2D eigenvalue weighted by Gasteiger charge is 2.27. The molecule has 2 atom stereocenters. The molecule has 0 aliphatic carbocycles. The monoisotopic (exact) mass is 222 g/mol. The summed E-state index contributed by atoms with van der Waals surface area (Å²) < 4.78 is 18.4. The van der Waals surface area contributed by atoms with Gasteiger partial charge in [-0.15, -0.1) is 0 Å². The van der Waals surface area contributed by atoms with Crippen LogP contribution in [0.5, 0.6) is 0 Å². The molecule has 0 spiro atoms. The van der Waals surface area contributed by atoms with Crippen LogP contribution in [0.4, 0.5) is 4.39 Å². The summed E-state index contributed by atoms with van der Waals surface area (Å²) in [4.78, 5) is 11.8. The van der Waals surface area contributed by atoms with Crippen LogP contribution in [-0.4, -0.2) is 18.0 Å². The van der Waals surface area contributed by atoms with Gasteiger partial charge in [-0.2, -0.15) is 0 Å². The highest BCUT2D eigenvalue weighted by atomic mass is 19.1. The van der Waals surface area contributed by atoms with Crippen LogP contribution < -0.4 is 0 Å². The van der Waals surface area contributed by atoms with Crippen molar-refractivity contribution in [3.05, 3.63) is 35.6 Å². The lowest BCUT2D eigenvalue weighted by Crippen LogP contribution is -2.22. The molecular weight excluding hydrogens is 207 g/mol. The lowest BCUT2D eigenvalue weighted by molar-refractivity contribution is -0.128. The predicted molar refractivity (Wildman–Crippen MR) is 58.7 cm³/mol. The summed E-state index contributed by atoms with van der Waals surface area (Å²) >= 11 is 0. The van der Waals surface area contributed by atoms with Crippen LogP contribution in [0.15, 0.2) is 24.3 Å². The second kappa shape index (κ2) is 4.74. The maximum atomic E-state index is 12.9. The molecule has 86 valence electrons. The van der Waals surface area contributed by atoms with Gasteiger partial charge in [-0.1, -0.05) is 12.1 Å². The highest BCUT2D eigenvalue weighted by Crippen LogP contribution is 2.21. The Morgan fingerprint density at radius 1 is 1.50 bits per heavy atom. The van der Waals surface area contributed by atoms with Crippen molar-refractivity contribution in [1.29, 1.82) is 0 Å². The first-order valence-electron chi connectivity index (χ1n) is 5.58. The van der Waals surface area contributed by atoms with Crippen molar-refractivity contribution in [2.75, 3.05) is 0 Å². The largest absolute Gasteiger partial charge is 0.367 e. The summed E-state index contributed by atoms with van der Waals surface area (Å²) in [6.07, 6.45) is 1.85. The van der Waals surface area contributed by atoms with Crippen LogP contribution in [0.3, 0.4) is 0 Å². The predicted octanol–water partition coefficient (Wildman–Crippen LogP) is 2.50. The smallest absolute Gasteiger partial charge is 0.165 e. The van der Waals surface area contributed by atoms with Gasteiger partial charge in [0.05, 0.1) is 6.10 Å². The quantitative estimate of drug-likeness (QED) is 0.785. The fraction of sp³-hybridized carbons (Fsp3) is 0.462. The van der Waals surface area contributed by atoms with Gasteiger partial charge in [-0.3, -0.25) is 4.79 Å². The van der Waals surface area contributed by atoms with Gasteiger partial charge in [0.15, 0.2) is 5.78 Å². The molecule has 3 heteroatoms. The molecule has 1 aliphatic rings. The molecule has 1 heterocycles. The van der Waals surface area contributed by atoms with Gasteiger partial charge in [0, 0.05) is 6.42 Å². The number of carbonyl (C=O) groups is 1. The van der Waals surface area contributed by atoms with Gasteiger partial charge >= 0.3 is 0 Å². The molecular formula is C13H15FO2. The van der Waals surface area contributed by atoms with E-state index in [2.05, 4.69) is 0 Å². The Bertz CT molecular complexity index is 389. The minimum absolute atomic E-state index is 0.0509. The summed E-state index contributed by atoms with van der Waals surface area (Å²) in [5, 5.41) is 0. The summed E-state index contributed by atoms with van der Waals surface area (Å²) in [6, 6.07) is 6.16. The Kier molecular flexibility index (Phi) is 3.34. The van der Waals surface area contributed by atoms with Gasteiger partial charge in [-0.05, 0) is 37.5 Å². The third-order valence-electron chi connectivity index (χ3n) is 2.86. The van der Waals surface area contributed by atoms with E-state index in [1.54, 1.807) is 12.1 Å². The topological polar surface area (TPSA) is 26.3 Å². The number of ether oxygens (including phenoxy) is 1. The van der Waals surface area contributed by atoms with Crippen LogP contribution in [0.2, 0.25) is 0 Å². The Balaban J connectivity index is 1.97. The van der Waals surface area contributed by atoms with Crippen molar-refractivity contribution in [1.82, 2.24) is 0 Å². The molecule has 0 radical (unpaired) electrons. The lowest BCUT2D eigenvalue weighted by atomic mass is 10.0. The van der Waals surface area contributed by atoms with Crippen LogP contribution in [0.25, 0.3) is 0 Å². The number of hydrogen-bond acceptors (Lipinski definition) is 2. The van der Waals surface area contributed by atoms with Crippen LogP contribution >= 0.6 is 0 Å². The molecule has 0 amide bonds. The standard InChI is InChI=1S/C13H15FO2/c1-9-5-6-13(16-9)12(15)8-10-3-2-4-11(14)7-10/h2-4,7,9,13H,5-6,8H2,1H3. The van der Waals surface area contributed by atoms with E-state index in [4.69, 9.17) is 4.74 Å². The number of halogens is 1. The normalized spacial score (nSPS) is 24.6. The molecule has 2 rings (SSSR count). The van der Waals surface area contributed by atoms with Crippen LogP contribution in [-0.2, 0) is 16.0 Å². The van der Waals surface area contributed by atoms with Gasteiger partial charge in [0.2, 0.25) is 0 Å². The van der Waals surface area contributed by atoms with Crippen molar-refractivity contribution in [2.24, 2.45) is 0 Å². The van der Waals surface area contributed by atoms with Gasteiger partial charge in [0.25, 0.3) is 0 Å². The van der Waals surface area contributed by atoms with Gasteiger partial charge < -0.3 is 4.74 Å². The van der Waals surface area contributed by atoms with E-state index in [0.717, 1.165) is 12.8 Å². The molecule has 1 aromatic rings. The molecule has 0 N–H and O–H groups in total. The fourth-order valence-corrected chi connectivity index (χ4v) is 2.00. The molecule has 0 bridgehead atoms. The second-order valence-corrected chi connectivity index (χ2v) is 4.29. The zero-order valence-corrected chi connectivity index (χ0v) is 9.28. The molecule has 2 nitrogen and oxygen atoms in total. The third kappa shape index (κ3) is 2.67. The summed E-state index contributed by atoms with van der Waals surface area (Å²) in [6.45, 7) is 1.97. The van der Waals surface area contributed by atoms with Crippen LogP contribution in [0.1, 0.15) is 25.3 Å². The summed E-state index contributed by atoms with van der Waals surface area (Å²) in [7, 11) is 0. The molecule has 1 aliphatic heterocycles. The zero-order valence-electron chi connectivity index (χ0n) is 9.28. The average Bonchev–Trinajstić information content (AvgIpc) is 2.65. The summed E-state index contributed by atoms with van der Waals surface area (Å²) in [5.41, 5.74) is 0.716. The Hall–Kier alpha value is -1.22. The zero-order chi connectivity index (χ0) is 11.5. The molecule has 0 saturated carbocycles. The highest BCUT2D eigenvalue weighted by molar-refractivity contribution is 5.85. The maximum absolute atomic E-state index is 12.9. The number of ketones is 1. The van der Waals surface area contributed by atoms with Gasteiger partial charge in [0.1, 0.15) is 11.9 Å². The average molecular weight is 222 g/mol. The van der Waals surface area contributed by atoms with Crippen molar-refractivity contribution >= 4 is 5.78 Å². The first kappa shape index (κ1) is 11.3. The number of benzene rings is 1. The van der Waals surface area contributed by atoms with E-state index in [1.165, 1.54) is 12.1 Å². The number of hydrogen-bond donors (Lipinski definition) is 0. The van der Waals surface area contributed by atoms with E-state index in [9.17, 15) is 9.18 Å². The number of Topliss-reactive ketones (excluding diaryl/α,β-unsaturated/α-hetero) is 1. The van der Waals surface area contributed by atoms with Crippen molar-refractivity contribution in [2.45, 2.75) is 38.4 Å². The Morgan fingerprint density at radius 3 is 2.94 bits per heavy atom. The minimum Gasteiger partial charge on any atom is -0.367 e. The number of carbonyl (C=O) groups excluding carboxylic acids is 1. The Morgan fingerprint density at radius 2 is 2.31 bits per heavy atom. The SMILES string of the molecule is CC1CCC(C(=O)Cc2cccc(F)c2)O1. The first-order valence-corrected chi connectivity index (χ1v) is 5.58. The van der Waals surface area contributed by atoms with E-state index < -0.39 is 0 Å². The molecule has 1 saturated heterocycles. The first-order chi connectivity index (χ1) is 7.65. The lowest BCUT2D eigenvalue weighted by Gasteiger charge is -2.09. The van der Waals surface area contributed by atoms with E-state index >= 15 is 0 Å².